The second-order valence-corrected chi connectivity index (χ2v) is 8.48. The first-order valence-electron chi connectivity index (χ1n) is 9.72. The van der Waals surface area contributed by atoms with Crippen LogP contribution >= 0.6 is 28.1 Å². The zero-order chi connectivity index (χ0) is 21.4. The van der Waals surface area contributed by atoms with Crippen molar-refractivity contribution in [3.63, 3.8) is 0 Å². The number of pyridine rings is 1. The number of thiocarbonyl (C=S) groups is 1. The van der Waals surface area contributed by atoms with Gasteiger partial charge in [0.05, 0.1) is 11.7 Å². The lowest BCUT2D eigenvalue weighted by molar-refractivity contribution is 0.439. The first kappa shape index (κ1) is 19.9. The molecule has 1 aliphatic rings. The third-order valence-corrected chi connectivity index (χ3v) is 6.09. The Bertz CT molecular complexity index is 1210. The number of hydrogen-bond donors (Lipinski definition) is 1. The highest BCUT2D eigenvalue weighted by atomic mass is 79.9. The third kappa shape index (κ3) is 3.86. The molecule has 0 amide bonds. The first-order valence-corrected chi connectivity index (χ1v) is 10.9. The normalized spacial score (nSPS) is 18.3. The minimum atomic E-state index is -0.296. The van der Waals surface area contributed by atoms with Crippen molar-refractivity contribution in [2.75, 3.05) is 4.90 Å². The molecular formula is C24H17BrFN3OS. The van der Waals surface area contributed by atoms with Crippen molar-refractivity contribution in [3.8, 4) is 11.3 Å². The van der Waals surface area contributed by atoms with E-state index in [0.717, 1.165) is 32.9 Å². The molecule has 4 aromatic rings. The van der Waals surface area contributed by atoms with Gasteiger partial charge in [0.2, 0.25) is 0 Å². The Morgan fingerprint density at radius 1 is 0.968 bits per heavy atom. The summed E-state index contributed by atoms with van der Waals surface area (Å²) in [6.45, 7) is 0. The highest BCUT2D eigenvalue weighted by Gasteiger charge is 2.42. The number of nitrogens with one attached hydrogen (secondary N) is 1. The van der Waals surface area contributed by atoms with Gasteiger partial charge in [-0.1, -0.05) is 34.1 Å². The van der Waals surface area contributed by atoms with Crippen LogP contribution in [0, 0.1) is 5.82 Å². The highest BCUT2D eigenvalue weighted by molar-refractivity contribution is 9.10. The zero-order valence-electron chi connectivity index (χ0n) is 16.2. The van der Waals surface area contributed by atoms with Crippen LogP contribution in [-0.2, 0) is 0 Å². The molecule has 0 saturated carbocycles. The minimum Gasteiger partial charge on any atom is -0.459 e. The first-order chi connectivity index (χ1) is 15.1. The summed E-state index contributed by atoms with van der Waals surface area (Å²) >= 11 is 9.13. The number of anilines is 1. The minimum absolute atomic E-state index is 0.220. The van der Waals surface area contributed by atoms with Crippen molar-refractivity contribution in [1.29, 1.82) is 0 Å². The summed E-state index contributed by atoms with van der Waals surface area (Å²) in [4.78, 5) is 6.49. The van der Waals surface area contributed by atoms with Gasteiger partial charge in [-0.3, -0.25) is 4.98 Å². The Labute approximate surface area is 192 Å². The van der Waals surface area contributed by atoms with Crippen LogP contribution in [-0.4, -0.2) is 10.1 Å². The number of rotatable bonds is 4. The van der Waals surface area contributed by atoms with Crippen LogP contribution in [0.4, 0.5) is 10.1 Å². The average molecular weight is 494 g/mol. The SMILES string of the molecule is Fc1ccc(N2C(=S)N[C@H](c3ccccn3)[C@@H]2c2ccc(-c3ccc(Br)cc3)o2)cc1. The summed E-state index contributed by atoms with van der Waals surface area (Å²) < 4.78 is 20.9. The molecule has 2 aromatic heterocycles. The van der Waals surface area contributed by atoms with Gasteiger partial charge in [0.25, 0.3) is 0 Å². The molecule has 1 N–H and O–H groups in total. The fourth-order valence-corrected chi connectivity index (χ4v) is 4.41. The molecule has 1 saturated heterocycles. The second kappa shape index (κ2) is 8.24. The number of aromatic nitrogens is 1. The lowest BCUT2D eigenvalue weighted by Crippen LogP contribution is -2.29. The third-order valence-electron chi connectivity index (χ3n) is 5.25. The van der Waals surface area contributed by atoms with Crippen LogP contribution in [0.1, 0.15) is 23.5 Å². The molecule has 0 bridgehead atoms. The molecule has 4 nitrogen and oxygen atoms in total. The van der Waals surface area contributed by atoms with E-state index >= 15 is 0 Å². The van der Waals surface area contributed by atoms with E-state index in [0.29, 0.717) is 5.11 Å². The molecule has 1 fully saturated rings. The van der Waals surface area contributed by atoms with E-state index in [1.54, 1.807) is 18.3 Å². The van der Waals surface area contributed by atoms with Crippen LogP contribution in [0.15, 0.2) is 93.9 Å². The molecule has 3 heterocycles. The molecular weight excluding hydrogens is 477 g/mol. The fourth-order valence-electron chi connectivity index (χ4n) is 3.80. The second-order valence-electron chi connectivity index (χ2n) is 7.18. The van der Waals surface area contributed by atoms with Crippen molar-refractivity contribution in [3.05, 3.63) is 107 Å². The van der Waals surface area contributed by atoms with Gasteiger partial charge in [-0.2, -0.15) is 0 Å². The Hall–Kier alpha value is -3.03. The van der Waals surface area contributed by atoms with Gasteiger partial charge in [-0.05, 0) is 72.9 Å². The molecule has 154 valence electrons. The van der Waals surface area contributed by atoms with Gasteiger partial charge in [0, 0.05) is 21.9 Å². The van der Waals surface area contributed by atoms with E-state index in [9.17, 15) is 4.39 Å². The van der Waals surface area contributed by atoms with Crippen molar-refractivity contribution < 1.29 is 8.81 Å². The Morgan fingerprint density at radius 2 is 1.74 bits per heavy atom. The van der Waals surface area contributed by atoms with Gasteiger partial charge in [-0.25, -0.2) is 4.39 Å². The van der Waals surface area contributed by atoms with Crippen LogP contribution in [0.2, 0.25) is 0 Å². The monoisotopic (exact) mass is 493 g/mol. The smallest absolute Gasteiger partial charge is 0.174 e. The summed E-state index contributed by atoms with van der Waals surface area (Å²) in [6.07, 6.45) is 1.76. The maximum absolute atomic E-state index is 13.6. The molecule has 0 spiro atoms. The van der Waals surface area contributed by atoms with E-state index in [2.05, 4.69) is 26.2 Å². The number of nitrogens with zero attached hydrogens (tertiary/aromatic N) is 2. The van der Waals surface area contributed by atoms with Crippen LogP contribution in [0.3, 0.4) is 0 Å². The molecule has 31 heavy (non-hydrogen) atoms. The predicted octanol–water partition coefficient (Wildman–Crippen LogP) is 6.42. The molecule has 7 heteroatoms. The molecule has 2 atom stereocenters. The van der Waals surface area contributed by atoms with Gasteiger partial charge in [-0.15, -0.1) is 0 Å². The van der Waals surface area contributed by atoms with Gasteiger partial charge < -0.3 is 14.6 Å². The molecule has 0 unspecified atom stereocenters. The largest absolute Gasteiger partial charge is 0.459 e. The summed E-state index contributed by atoms with van der Waals surface area (Å²) in [5, 5.41) is 3.91. The molecule has 1 aliphatic heterocycles. The standard InChI is InChI=1S/C24H17BrFN3OS/c25-16-6-4-15(5-7-16)20-12-13-21(30-20)23-22(19-3-1-2-14-27-19)28-24(31)29(23)18-10-8-17(26)9-11-18/h1-14,22-23H,(H,28,31)/t22-,23+/m1/s1. The highest BCUT2D eigenvalue weighted by Crippen LogP contribution is 2.42. The molecule has 5 rings (SSSR count). The Morgan fingerprint density at radius 3 is 2.45 bits per heavy atom. The van der Waals surface area contributed by atoms with Crippen molar-refractivity contribution in [2.45, 2.75) is 12.1 Å². The summed E-state index contributed by atoms with van der Waals surface area (Å²) in [6, 6.07) is 23.4. The zero-order valence-corrected chi connectivity index (χ0v) is 18.6. The fraction of sp³-hybridized carbons (Fsp3) is 0.0833. The Kier molecular flexibility index (Phi) is 5.29. The molecule has 0 radical (unpaired) electrons. The summed E-state index contributed by atoms with van der Waals surface area (Å²) in [7, 11) is 0. The van der Waals surface area contributed by atoms with Gasteiger partial charge in [0.1, 0.15) is 23.4 Å². The van der Waals surface area contributed by atoms with Gasteiger partial charge >= 0.3 is 0 Å². The van der Waals surface area contributed by atoms with Crippen LogP contribution < -0.4 is 10.2 Å². The topological polar surface area (TPSA) is 41.3 Å². The molecule has 0 aliphatic carbocycles. The van der Waals surface area contributed by atoms with Crippen molar-refractivity contribution in [1.82, 2.24) is 10.3 Å². The Balaban J connectivity index is 1.59. The van der Waals surface area contributed by atoms with Crippen molar-refractivity contribution >= 4 is 38.9 Å². The molecule has 2 aromatic carbocycles. The van der Waals surface area contributed by atoms with Crippen LogP contribution in [0.5, 0.6) is 0 Å². The van der Waals surface area contributed by atoms with E-state index < -0.39 is 0 Å². The van der Waals surface area contributed by atoms with E-state index in [1.807, 2.05) is 59.5 Å². The number of benzene rings is 2. The number of halogens is 2. The van der Waals surface area contributed by atoms with E-state index in [4.69, 9.17) is 16.6 Å². The maximum Gasteiger partial charge on any atom is 0.174 e. The maximum atomic E-state index is 13.6. The van der Waals surface area contributed by atoms with E-state index in [-0.39, 0.29) is 17.9 Å². The van der Waals surface area contributed by atoms with Crippen molar-refractivity contribution in [2.24, 2.45) is 0 Å². The van der Waals surface area contributed by atoms with E-state index in [1.165, 1.54) is 12.1 Å². The predicted molar refractivity (Wildman–Crippen MR) is 126 cm³/mol. The summed E-state index contributed by atoms with van der Waals surface area (Å²) in [5.74, 6) is 1.21. The number of hydrogen-bond acceptors (Lipinski definition) is 3. The number of furan rings is 1. The van der Waals surface area contributed by atoms with Gasteiger partial charge in [0.15, 0.2) is 5.11 Å². The average Bonchev–Trinajstić information content (AvgIpc) is 3.40. The quantitative estimate of drug-likeness (QED) is 0.332. The lowest BCUT2D eigenvalue weighted by Gasteiger charge is -2.26. The van der Waals surface area contributed by atoms with Crippen LogP contribution in [0.25, 0.3) is 11.3 Å². The summed E-state index contributed by atoms with van der Waals surface area (Å²) in [5.41, 5.74) is 2.61. The lowest BCUT2D eigenvalue weighted by atomic mass is 10.0.